The zero-order valence-corrected chi connectivity index (χ0v) is 12.8. The van der Waals surface area contributed by atoms with Crippen LogP contribution in [0, 0.1) is 0 Å². The minimum atomic E-state index is -0.0394. The van der Waals surface area contributed by atoms with E-state index in [1.807, 2.05) is 24.3 Å². The zero-order valence-electron chi connectivity index (χ0n) is 12.8. The van der Waals surface area contributed by atoms with Gasteiger partial charge in [0, 0.05) is 17.2 Å². The van der Waals surface area contributed by atoms with Crippen LogP contribution in [0.25, 0.3) is 6.08 Å². The minimum absolute atomic E-state index is 0.0394. The van der Waals surface area contributed by atoms with Crippen molar-refractivity contribution in [3.63, 3.8) is 0 Å². The fraction of sp³-hybridized carbons (Fsp3) is 0.389. The first-order chi connectivity index (χ1) is 10.8. The van der Waals surface area contributed by atoms with E-state index in [1.54, 1.807) is 19.4 Å². The second kappa shape index (κ2) is 6.69. The normalized spacial score (nSPS) is 17.8. The molecular weight excluding hydrogens is 278 g/mol. The highest BCUT2D eigenvalue weighted by Crippen LogP contribution is 2.29. The van der Waals surface area contributed by atoms with Crippen molar-refractivity contribution >= 4 is 12.0 Å². The molecule has 116 valence electrons. The van der Waals surface area contributed by atoms with Gasteiger partial charge in [-0.05, 0) is 43.2 Å². The van der Waals surface area contributed by atoms with Crippen LogP contribution in [0.3, 0.4) is 0 Å². The lowest BCUT2D eigenvalue weighted by molar-refractivity contribution is -0.118. The van der Waals surface area contributed by atoms with E-state index in [0.29, 0.717) is 11.6 Å². The number of carbonyl (C=O) groups is 1. The molecular formula is C18H21NO3. The van der Waals surface area contributed by atoms with Crippen LogP contribution in [0.2, 0.25) is 0 Å². The molecule has 1 heterocycles. The molecule has 4 nitrogen and oxygen atoms in total. The smallest absolute Gasteiger partial charge is 0.251 e. The molecule has 1 fully saturated rings. The highest BCUT2D eigenvalue weighted by molar-refractivity contribution is 6.01. The van der Waals surface area contributed by atoms with Crippen molar-refractivity contribution in [3.8, 4) is 11.5 Å². The lowest BCUT2D eigenvalue weighted by Crippen LogP contribution is -2.36. The maximum atomic E-state index is 12.5. The lowest BCUT2D eigenvalue weighted by Gasteiger charge is -2.22. The number of nitrogens with one attached hydrogen (secondary N) is 1. The summed E-state index contributed by atoms with van der Waals surface area (Å²) in [4.78, 5) is 12.5. The van der Waals surface area contributed by atoms with E-state index >= 15 is 0 Å². The van der Waals surface area contributed by atoms with Crippen molar-refractivity contribution in [2.45, 2.75) is 38.1 Å². The predicted molar refractivity (Wildman–Crippen MR) is 85.8 cm³/mol. The standard InChI is InChI=1S/C18H21NO3/c1-21-16-7-8-17-14(12-16)11-13(9-10-22-17)18(20)19-15-5-3-2-4-6-15/h7-12,15H,2-6H2,1H3,(H,19,20). The number of hydrogen-bond acceptors (Lipinski definition) is 3. The predicted octanol–water partition coefficient (Wildman–Crippen LogP) is 3.43. The van der Waals surface area contributed by atoms with Crippen LogP contribution < -0.4 is 14.8 Å². The van der Waals surface area contributed by atoms with Gasteiger partial charge in [0.05, 0.1) is 13.4 Å². The van der Waals surface area contributed by atoms with Gasteiger partial charge in [0.15, 0.2) is 0 Å². The number of amides is 1. The molecule has 0 atom stereocenters. The van der Waals surface area contributed by atoms with Crippen molar-refractivity contribution < 1.29 is 14.3 Å². The number of carbonyl (C=O) groups excluding carboxylic acids is 1. The van der Waals surface area contributed by atoms with E-state index in [0.717, 1.165) is 29.9 Å². The van der Waals surface area contributed by atoms with Crippen LogP contribution in [0.15, 0.2) is 36.1 Å². The third-order valence-corrected chi connectivity index (χ3v) is 4.17. The SMILES string of the molecule is COc1ccc2c(c1)C=C(C(=O)NC1CCCCC1)C=CO2. The summed E-state index contributed by atoms with van der Waals surface area (Å²) in [6.45, 7) is 0. The van der Waals surface area contributed by atoms with Gasteiger partial charge in [-0.2, -0.15) is 0 Å². The molecule has 0 aromatic heterocycles. The molecule has 0 unspecified atom stereocenters. The first kappa shape index (κ1) is 14.7. The summed E-state index contributed by atoms with van der Waals surface area (Å²) in [5, 5.41) is 3.13. The summed E-state index contributed by atoms with van der Waals surface area (Å²) in [5.74, 6) is 1.42. The van der Waals surface area contributed by atoms with Gasteiger partial charge in [0.2, 0.25) is 0 Å². The Bertz CT molecular complexity index is 613. The van der Waals surface area contributed by atoms with Gasteiger partial charge in [-0.15, -0.1) is 0 Å². The molecule has 1 aromatic carbocycles. The molecule has 1 aliphatic heterocycles. The minimum Gasteiger partial charge on any atom is -0.497 e. The van der Waals surface area contributed by atoms with Gasteiger partial charge in [-0.3, -0.25) is 4.79 Å². The summed E-state index contributed by atoms with van der Waals surface area (Å²) in [5.41, 5.74) is 1.45. The molecule has 0 radical (unpaired) electrons. The van der Waals surface area contributed by atoms with Crippen LogP contribution in [0.5, 0.6) is 11.5 Å². The fourth-order valence-electron chi connectivity index (χ4n) is 2.93. The number of ether oxygens (including phenoxy) is 2. The molecule has 22 heavy (non-hydrogen) atoms. The van der Waals surface area contributed by atoms with Crippen LogP contribution in [0.1, 0.15) is 37.7 Å². The van der Waals surface area contributed by atoms with E-state index in [1.165, 1.54) is 19.3 Å². The van der Waals surface area contributed by atoms with Gasteiger partial charge in [0.1, 0.15) is 11.5 Å². The molecule has 1 aliphatic carbocycles. The molecule has 4 heteroatoms. The van der Waals surface area contributed by atoms with E-state index in [4.69, 9.17) is 9.47 Å². The molecule has 0 bridgehead atoms. The number of fused-ring (bicyclic) bond motifs is 1. The highest BCUT2D eigenvalue weighted by atomic mass is 16.5. The molecule has 3 rings (SSSR count). The largest absolute Gasteiger partial charge is 0.497 e. The Morgan fingerprint density at radius 1 is 1.27 bits per heavy atom. The van der Waals surface area contributed by atoms with Crippen molar-refractivity contribution in [2.75, 3.05) is 7.11 Å². The Hall–Kier alpha value is -2.23. The first-order valence-electron chi connectivity index (χ1n) is 7.80. The average Bonchev–Trinajstić information content (AvgIpc) is 2.77. The molecule has 1 amide bonds. The quantitative estimate of drug-likeness (QED) is 0.930. The number of benzene rings is 1. The highest BCUT2D eigenvalue weighted by Gasteiger charge is 2.18. The van der Waals surface area contributed by atoms with Crippen molar-refractivity contribution in [1.29, 1.82) is 0 Å². The monoisotopic (exact) mass is 299 g/mol. The summed E-state index contributed by atoms with van der Waals surface area (Å²) >= 11 is 0. The summed E-state index contributed by atoms with van der Waals surface area (Å²) in [6, 6.07) is 5.85. The Morgan fingerprint density at radius 2 is 2.09 bits per heavy atom. The van der Waals surface area contributed by atoms with Crippen LogP contribution in [0.4, 0.5) is 0 Å². The van der Waals surface area contributed by atoms with Gasteiger partial charge >= 0.3 is 0 Å². The maximum Gasteiger partial charge on any atom is 0.251 e. The zero-order chi connectivity index (χ0) is 15.4. The molecule has 0 spiro atoms. The third kappa shape index (κ3) is 3.32. The van der Waals surface area contributed by atoms with Crippen molar-refractivity contribution in [2.24, 2.45) is 0 Å². The van der Waals surface area contributed by atoms with E-state index < -0.39 is 0 Å². The van der Waals surface area contributed by atoms with Crippen molar-refractivity contribution in [1.82, 2.24) is 5.32 Å². The molecule has 1 N–H and O–H groups in total. The number of methoxy groups -OCH3 is 1. The average molecular weight is 299 g/mol. The summed E-state index contributed by atoms with van der Waals surface area (Å²) in [7, 11) is 1.62. The molecule has 0 saturated heterocycles. The molecule has 2 aliphatic rings. The van der Waals surface area contributed by atoms with E-state index in [2.05, 4.69) is 5.32 Å². The topological polar surface area (TPSA) is 47.6 Å². The van der Waals surface area contributed by atoms with Crippen LogP contribution in [-0.2, 0) is 4.79 Å². The lowest BCUT2D eigenvalue weighted by atomic mass is 9.95. The van der Waals surface area contributed by atoms with Gasteiger partial charge in [0.25, 0.3) is 5.91 Å². The number of hydrogen-bond donors (Lipinski definition) is 1. The molecule has 1 saturated carbocycles. The Morgan fingerprint density at radius 3 is 2.86 bits per heavy atom. The van der Waals surface area contributed by atoms with Gasteiger partial charge in [-0.25, -0.2) is 0 Å². The Balaban J connectivity index is 1.79. The summed E-state index contributed by atoms with van der Waals surface area (Å²) in [6.07, 6.45) is 10.9. The van der Waals surface area contributed by atoms with Crippen molar-refractivity contribution in [3.05, 3.63) is 41.7 Å². The third-order valence-electron chi connectivity index (χ3n) is 4.17. The van der Waals surface area contributed by atoms with E-state index in [9.17, 15) is 4.79 Å². The van der Waals surface area contributed by atoms with E-state index in [-0.39, 0.29) is 5.91 Å². The van der Waals surface area contributed by atoms with Crippen LogP contribution >= 0.6 is 0 Å². The Kier molecular flexibility index (Phi) is 4.47. The van der Waals surface area contributed by atoms with Gasteiger partial charge in [-0.1, -0.05) is 19.3 Å². The maximum absolute atomic E-state index is 12.5. The van der Waals surface area contributed by atoms with Gasteiger partial charge < -0.3 is 14.8 Å². The fourth-order valence-corrected chi connectivity index (χ4v) is 2.93. The number of rotatable bonds is 3. The molecule has 1 aromatic rings. The summed E-state index contributed by atoms with van der Waals surface area (Å²) < 4.78 is 10.8. The first-order valence-corrected chi connectivity index (χ1v) is 7.80. The van der Waals surface area contributed by atoms with Crippen LogP contribution in [-0.4, -0.2) is 19.1 Å². The Labute approximate surface area is 130 Å². The second-order valence-electron chi connectivity index (χ2n) is 5.73. The second-order valence-corrected chi connectivity index (χ2v) is 5.73.